The number of para-hydroxylation sites is 2. The molecule has 0 fully saturated rings. The highest BCUT2D eigenvalue weighted by Crippen LogP contribution is 2.16. The predicted octanol–water partition coefficient (Wildman–Crippen LogP) is 3.43. The maximum atomic E-state index is 12.0. The number of amides is 1. The zero-order chi connectivity index (χ0) is 14.7. The smallest absolute Gasteiger partial charge is 0.220 e. The van der Waals surface area contributed by atoms with Gasteiger partial charge < -0.3 is 10.3 Å². The molecule has 1 unspecified atom stereocenters. The number of fused-ring (bicyclic) bond motifs is 1. The van der Waals surface area contributed by atoms with Gasteiger partial charge in [-0.05, 0) is 47.9 Å². The predicted molar refractivity (Wildman–Crippen MR) is 85.3 cm³/mol. The monoisotopic (exact) mass is 299 g/mol. The average molecular weight is 299 g/mol. The summed E-state index contributed by atoms with van der Waals surface area (Å²) in [6.45, 7) is 1.94. The third-order valence-electron chi connectivity index (χ3n) is 3.42. The van der Waals surface area contributed by atoms with Crippen molar-refractivity contribution in [3.05, 3.63) is 52.5 Å². The first-order valence-corrected chi connectivity index (χ1v) is 7.92. The normalized spacial score (nSPS) is 12.4. The lowest BCUT2D eigenvalue weighted by Crippen LogP contribution is -2.27. The van der Waals surface area contributed by atoms with E-state index in [1.54, 1.807) is 11.3 Å². The Balaban J connectivity index is 1.60. The minimum atomic E-state index is -0.118. The number of rotatable bonds is 5. The topological polar surface area (TPSA) is 57.8 Å². The van der Waals surface area contributed by atoms with Gasteiger partial charge in [-0.1, -0.05) is 12.1 Å². The van der Waals surface area contributed by atoms with E-state index >= 15 is 0 Å². The summed E-state index contributed by atoms with van der Waals surface area (Å²) in [7, 11) is 0. The standard InChI is InChI=1S/C16H17N3OS/c1-11(16-18-13-4-2-3-5-14(13)19-16)17-15(20)7-6-12-8-9-21-10-12/h2-5,8-11H,6-7H2,1H3,(H,17,20)(H,18,19). The van der Waals surface area contributed by atoms with Crippen LogP contribution in [0.4, 0.5) is 0 Å². The lowest BCUT2D eigenvalue weighted by Gasteiger charge is -2.11. The van der Waals surface area contributed by atoms with Crippen LogP contribution in [0.25, 0.3) is 11.0 Å². The van der Waals surface area contributed by atoms with Crippen LogP contribution in [-0.4, -0.2) is 15.9 Å². The van der Waals surface area contributed by atoms with Gasteiger partial charge in [0.25, 0.3) is 0 Å². The molecular weight excluding hydrogens is 282 g/mol. The molecule has 1 amide bonds. The van der Waals surface area contributed by atoms with E-state index in [-0.39, 0.29) is 11.9 Å². The number of benzene rings is 1. The summed E-state index contributed by atoms with van der Waals surface area (Å²) in [4.78, 5) is 19.7. The molecule has 1 aromatic carbocycles. The van der Waals surface area contributed by atoms with Gasteiger partial charge in [-0.2, -0.15) is 11.3 Å². The molecule has 0 aliphatic carbocycles. The highest BCUT2D eigenvalue weighted by molar-refractivity contribution is 7.07. The zero-order valence-corrected chi connectivity index (χ0v) is 12.6. The lowest BCUT2D eigenvalue weighted by atomic mass is 10.2. The van der Waals surface area contributed by atoms with Crippen molar-refractivity contribution >= 4 is 28.3 Å². The van der Waals surface area contributed by atoms with Gasteiger partial charge in [-0.3, -0.25) is 4.79 Å². The number of thiophene rings is 1. The van der Waals surface area contributed by atoms with E-state index in [1.165, 1.54) is 5.56 Å². The molecule has 0 aliphatic rings. The number of aromatic nitrogens is 2. The van der Waals surface area contributed by atoms with Gasteiger partial charge in [0.15, 0.2) is 0 Å². The maximum Gasteiger partial charge on any atom is 0.220 e. The lowest BCUT2D eigenvalue weighted by molar-refractivity contribution is -0.121. The van der Waals surface area contributed by atoms with Crippen LogP contribution < -0.4 is 5.32 Å². The molecule has 108 valence electrons. The van der Waals surface area contributed by atoms with Crippen molar-refractivity contribution in [3.8, 4) is 0 Å². The minimum absolute atomic E-state index is 0.0501. The highest BCUT2D eigenvalue weighted by Gasteiger charge is 2.13. The van der Waals surface area contributed by atoms with E-state index in [4.69, 9.17) is 0 Å². The zero-order valence-electron chi connectivity index (χ0n) is 11.8. The van der Waals surface area contributed by atoms with Crippen LogP contribution in [0.3, 0.4) is 0 Å². The molecule has 2 heterocycles. The summed E-state index contributed by atoms with van der Waals surface area (Å²) in [6.07, 6.45) is 1.28. The Hall–Kier alpha value is -2.14. The Morgan fingerprint density at radius 2 is 2.24 bits per heavy atom. The molecule has 0 aliphatic heterocycles. The van der Waals surface area contributed by atoms with Gasteiger partial charge in [-0.15, -0.1) is 0 Å². The molecule has 0 saturated heterocycles. The van der Waals surface area contributed by atoms with Crippen molar-refractivity contribution in [2.24, 2.45) is 0 Å². The number of nitrogens with one attached hydrogen (secondary N) is 2. The molecule has 0 saturated carbocycles. The average Bonchev–Trinajstić information content (AvgIpc) is 3.14. The molecule has 0 radical (unpaired) electrons. The van der Waals surface area contributed by atoms with E-state index in [0.29, 0.717) is 6.42 Å². The molecule has 5 heteroatoms. The van der Waals surface area contributed by atoms with Crippen LogP contribution in [-0.2, 0) is 11.2 Å². The van der Waals surface area contributed by atoms with E-state index in [0.717, 1.165) is 23.3 Å². The fraction of sp³-hybridized carbons (Fsp3) is 0.250. The van der Waals surface area contributed by atoms with E-state index in [1.807, 2.05) is 36.6 Å². The van der Waals surface area contributed by atoms with Crippen molar-refractivity contribution in [1.82, 2.24) is 15.3 Å². The summed E-state index contributed by atoms with van der Waals surface area (Å²) >= 11 is 1.66. The molecule has 21 heavy (non-hydrogen) atoms. The second-order valence-electron chi connectivity index (χ2n) is 5.06. The molecule has 1 atom stereocenters. The second-order valence-corrected chi connectivity index (χ2v) is 5.84. The molecular formula is C16H17N3OS. The Kier molecular flexibility index (Phi) is 4.01. The van der Waals surface area contributed by atoms with Crippen LogP contribution in [0.15, 0.2) is 41.1 Å². The highest BCUT2D eigenvalue weighted by atomic mass is 32.1. The van der Waals surface area contributed by atoms with E-state index < -0.39 is 0 Å². The van der Waals surface area contributed by atoms with Crippen LogP contribution in [0.5, 0.6) is 0 Å². The fourth-order valence-corrected chi connectivity index (χ4v) is 2.96. The van der Waals surface area contributed by atoms with Crippen molar-refractivity contribution in [2.45, 2.75) is 25.8 Å². The number of hydrogen-bond donors (Lipinski definition) is 2. The quantitative estimate of drug-likeness (QED) is 0.758. The number of aromatic amines is 1. The molecule has 0 spiro atoms. The van der Waals surface area contributed by atoms with Gasteiger partial charge >= 0.3 is 0 Å². The number of aryl methyl sites for hydroxylation is 1. The summed E-state index contributed by atoms with van der Waals surface area (Å²) in [5.41, 5.74) is 3.13. The SMILES string of the molecule is CC(NC(=O)CCc1ccsc1)c1nc2ccccc2[nH]1. The van der Waals surface area contributed by atoms with Crippen LogP contribution >= 0.6 is 11.3 Å². The van der Waals surface area contributed by atoms with Gasteiger partial charge in [0.05, 0.1) is 17.1 Å². The van der Waals surface area contributed by atoms with Crippen molar-refractivity contribution in [3.63, 3.8) is 0 Å². The number of hydrogen-bond acceptors (Lipinski definition) is 3. The number of imidazole rings is 1. The number of carbonyl (C=O) groups excluding carboxylic acids is 1. The third-order valence-corrected chi connectivity index (χ3v) is 4.15. The van der Waals surface area contributed by atoms with Crippen molar-refractivity contribution in [1.29, 1.82) is 0 Å². The first-order chi connectivity index (χ1) is 10.2. The molecule has 3 aromatic rings. The van der Waals surface area contributed by atoms with Gasteiger partial charge in [0, 0.05) is 6.42 Å². The first kappa shape index (κ1) is 13.8. The third kappa shape index (κ3) is 3.31. The van der Waals surface area contributed by atoms with Crippen LogP contribution in [0.1, 0.15) is 30.8 Å². The number of H-pyrrole nitrogens is 1. The summed E-state index contributed by atoms with van der Waals surface area (Å²) in [5, 5.41) is 7.10. The number of nitrogens with zero attached hydrogens (tertiary/aromatic N) is 1. The van der Waals surface area contributed by atoms with Gasteiger partial charge in [0.1, 0.15) is 5.82 Å². The molecule has 2 aromatic heterocycles. The van der Waals surface area contributed by atoms with Gasteiger partial charge in [0.2, 0.25) is 5.91 Å². The summed E-state index contributed by atoms with van der Waals surface area (Å²) in [6, 6.07) is 9.80. The maximum absolute atomic E-state index is 12.0. The molecule has 4 nitrogen and oxygen atoms in total. The Bertz CT molecular complexity index is 700. The Morgan fingerprint density at radius 1 is 1.38 bits per heavy atom. The van der Waals surface area contributed by atoms with Crippen LogP contribution in [0, 0.1) is 0 Å². The number of carbonyl (C=O) groups is 1. The summed E-state index contributed by atoms with van der Waals surface area (Å²) in [5.74, 6) is 0.842. The Morgan fingerprint density at radius 3 is 3.00 bits per heavy atom. The molecule has 2 N–H and O–H groups in total. The van der Waals surface area contributed by atoms with E-state index in [2.05, 4.69) is 26.7 Å². The first-order valence-electron chi connectivity index (χ1n) is 6.97. The molecule has 3 rings (SSSR count). The van der Waals surface area contributed by atoms with Gasteiger partial charge in [-0.25, -0.2) is 4.98 Å². The van der Waals surface area contributed by atoms with Crippen LogP contribution in [0.2, 0.25) is 0 Å². The van der Waals surface area contributed by atoms with E-state index in [9.17, 15) is 4.79 Å². The van der Waals surface area contributed by atoms with Crippen molar-refractivity contribution < 1.29 is 4.79 Å². The fourth-order valence-electron chi connectivity index (χ4n) is 2.25. The second kappa shape index (κ2) is 6.10. The minimum Gasteiger partial charge on any atom is -0.346 e. The molecule has 0 bridgehead atoms. The Labute approximate surface area is 127 Å². The largest absolute Gasteiger partial charge is 0.346 e. The summed E-state index contributed by atoms with van der Waals surface area (Å²) < 4.78 is 0. The van der Waals surface area contributed by atoms with Crippen molar-refractivity contribution in [2.75, 3.05) is 0 Å².